The van der Waals surface area contributed by atoms with Gasteiger partial charge in [0.15, 0.2) is 0 Å². The molecule has 1 aliphatic carbocycles. The number of pyridine rings is 1. The molecule has 2 aliphatic rings. The molecule has 1 aromatic heterocycles. The number of benzene rings is 2. The third-order valence-corrected chi connectivity index (χ3v) is 7.90. The zero-order valence-corrected chi connectivity index (χ0v) is 24.5. The number of nitrogens with zero attached hydrogens (tertiary/aromatic N) is 2. The zero-order valence-electron chi connectivity index (χ0n) is 24.5. The van der Waals surface area contributed by atoms with Crippen LogP contribution in [0.1, 0.15) is 62.8 Å². The summed E-state index contributed by atoms with van der Waals surface area (Å²) in [6.07, 6.45) is 5.34. The van der Waals surface area contributed by atoms with Crippen LogP contribution in [0.25, 0.3) is 5.70 Å². The number of urea groups is 1. The van der Waals surface area contributed by atoms with E-state index in [1.54, 1.807) is 24.1 Å². The van der Waals surface area contributed by atoms with E-state index < -0.39 is 0 Å². The van der Waals surface area contributed by atoms with Crippen LogP contribution in [0.4, 0.5) is 16.2 Å². The second kappa shape index (κ2) is 12.5. The van der Waals surface area contributed by atoms with Crippen molar-refractivity contribution < 1.29 is 19.1 Å². The molecule has 4 amide bonds. The van der Waals surface area contributed by atoms with Crippen LogP contribution >= 0.6 is 0 Å². The van der Waals surface area contributed by atoms with E-state index in [1.807, 2.05) is 69.3 Å². The molecule has 5 rings (SSSR count). The second-order valence-corrected chi connectivity index (χ2v) is 10.9. The number of nitrogens with one attached hydrogen (secondary N) is 3. The molecule has 0 spiro atoms. The Morgan fingerprint density at radius 1 is 0.952 bits per heavy atom. The number of fused-ring (bicyclic) bond motifs is 1. The molecule has 1 aliphatic heterocycles. The zero-order chi connectivity index (χ0) is 29.8. The molecule has 218 valence electrons. The number of carbonyl (C=O) groups is 3. The Balaban J connectivity index is 1.37. The van der Waals surface area contributed by atoms with Crippen LogP contribution in [0.5, 0.6) is 11.5 Å². The summed E-state index contributed by atoms with van der Waals surface area (Å²) in [7, 11) is 0. The van der Waals surface area contributed by atoms with Gasteiger partial charge in [-0.2, -0.15) is 0 Å². The first-order valence-corrected chi connectivity index (χ1v) is 14.5. The Morgan fingerprint density at radius 3 is 2.31 bits per heavy atom. The first-order chi connectivity index (χ1) is 20.2. The minimum atomic E-state index is -0.359. The molecule has 2 aromatic carbocycles. The summed E-state index contributed by atoms with van der Waals surface area (Å²) in [4.78, 5) is 44.9. The molecule has 0 bridgehead atoms. The standard InChI is InChI=1S/C33H37N5O4/c1-5-29(39)35-23-11-13-24(14-12-23)36-32(40)21(3)31-30-22(4)34-18-17-28(30)38(33(41)37-31)27-16-15-26(19-20(27)2)42-25-9-7-6-8-10-25/h6-10,15-19,23-24H,5,11-14H2,1-4H3,(H,35,39)(H,36,40)(H,37,41)/b31-21-. The van der Waals surface area contributed by atoms with Crippen molar-refractivity contribution in [1.82, 2.24) is 20.9 Å². The summed E-state index contributed by atoms with van der Waals surface area (Å²) in [6, 6.07) is 16.7. The number of carbonyl (C=O) groups excluding carboxylic acids is 3. The van der Waals surface area contributed by atoms with Crippen LogP contribution in [0.2, 0.25) is 0 Å². The van der Waals surface area contributed by atoms with Crippen molar-refractivity contribution in [2.75, 3.05) is 4.90 Å². The van der Waals surface area contributed by atoms with Gasteiger partial charge in [0.25, 0.3) is 0 Å². The minimum absolute atomic E-state index is 0.00681. The Labute approximate surface area is 246 Å². The third-order valence-electron chi connectivity index (χ3n) is 7.90. The van der Waals surface area contributed by atoms with E-state index in [4.69, 9.17) is 4.74 Å². The quantitative estimate of drug-likeness (QED) is 0.302. The molecule has 3 aromatic rings. The predicted molar refractivity (Wildman–Crippen MR) is 163 cm³/mol. The van der Waals surface area contributed by atoms with E-state index in [0.717, 1.165) is 37.0 Å². The largest absolute Gasteiger partial charge is 0.457 e. The van der Waals surface area contributed by atoms with Gasteiger partial charge in [0.05, 0.1) is 17.1 Å². The molecule has 9 nitrogen and oxygen atoms in total. The lowest BCUT2D eigenvalue weighted by molar-refractivity contribution is -0.122. The van der Waals surface area contributed by atoms with Crippen LogP contribution in [0.3, 0.4) is 0 Å². The molecular weight excluding hydrogens is 530 g/mol. The first kappa shape index (κ1) is 28.9. The SMILES string of the molecule is CCC(=O)NC1CCC(NC(=O)/C(C)=C2\NC(=O)N(c3ccc(Oc4ccccc4)cc3C)c3ccnc(C)c32)CC1. The Morgan fingerprint density at radius 2 is 1.64 bits per heavy atom. The smallest absolute Gasteiger partial charge is 0.331 e. The summed E-state index contributed by atoms with van der Waals surface area (Å²) < 4.78 is 5.98. The Hall–Kier alpha value is -4.66. The highest BCUT2D eigenvalue weighted by atomic mass is 16.5. The van der Waals surface area contributed by atoms with Crippen molar-refractivity contribution >= 4 is 34.9 Å². The van der Waals surface area contributed by atoms with Crippen molar-refractivity contribution in [3.05, 3.63) is 83.2 Å². The number of amides is 4. The molecule has 1 saturated carbocycles. The molecule has 9 heteroatoms. The number of hydrogen-bond donors (Lipinski definition) is 3. The normalized spacial score (nSPS) is 19.3. The molecule has 3 N–H and O–H groups in total. The molecule has 42 heavy (non-hydrogen) atoms. The summed E-state index contributed by atoms with van der Waals surface area (Å²) in [5, 5.41) is 9.17. The summed E-state index contributed by atoms with van der Waals surface area (Å²) in [6.45, 7) is 7.37. The van der Waals surface area contributed by atoms with Crippen molar-refractivity contribution in [1.29, 1.82) is 0 Å². The average molecular weight is 568 g/mol. The molecule has 1 fully saturated rings. The maximum Gasteiger partial charge on any atom is 0.331 e. The Kier molecular flexibility index (Phi) is 8.56. The lowest BCUT2D eigenvalue weighted by Crippen LogP contribution is -2.45. The third kappa shape index (κ3) is 6.15. The maximum absolute atomic E-state index is 13.6. The summed E-state index contributed by atoms with van der Waals surface area (Å²) >= 11 is 0. The number of aromatic nitrogens is 1. The number of para-hydroxylation sites is 1. The van der Waals surface area contributed by atoms with Gasteiger partial charge in [-0.1, -0.05) is 25.1 Å². The molecule has 0 atom stereocenters. The molecule has 0 saturated heterocycles. The number of rotatable bonds is 7. The summed E-state index contributed by atoms with van der Waals surface area (Å²) in [5.74, 6) is 1.22. The fourth-order valence-electron chi connectivity index (χ4n) is 5.59. The lowest BCUT2D eigenvalue weighted by atomic mass is 9.90. The van der Waals surface area contributed by atoms with Crippen LogP contribution < -0.4 is 25.6 Å². The van der Waals surface area contributed by atoms with E-state index >= 15 is 0 Å². The van der Waals surface area contributed by atoms with Crippen LogP contribution in [0.15, 0.2) is 66.4 Å². The molecule has 2 heterocycles. The fourth-order valence-corrected chi connectivity index (χ4v) is 5.59. The predicted octanol–water partition coefficient (Wildman–Crippen LogP) is 6.04. The first-order valence-electron chi connectivity index (χ1n) is 14.5. The number of aryl methyl sites for hydroxylation is 2. The van der Waals surface area contributed by atoms with Gasteiger partial charge in [0.2, 0.25) is 11.8 Å². The molecule has 0 radical (unpaired) electrons. The van der Waals surface area contributed by atoms with Crippen LogP contribution in [-0.4, -0.2) is 34.9 Å². The molecular formula is C33H37N5O4. The number of hydrogen-bond acceptors (Lipinski definition) is 5. The van der Waals surface area contributed by atoms with E-state index in [-0.39, 0.29) is 29.9 Å². The van der Waals surface area contributed by atoms with Gasteiger partial charge in [-0.05, 0) is 88.4 Å². The lowest BCUT2D eigenvalue weighted by Gasteiger charge is -2.34. The second-order valence-electron chi connectivity index (χ2n) is 10.9. The number of ether oxygens (including phenoxy) is 1. The van der Waals surface area contributed by atoms with Gasteiger partial charge in [-0.15, -0.1) is 0 Å². The maximum atomic E-state index is 13.6. The van der Waals surface area contributed by atoms with Crippen molar-refractivity contribution in [3.8, 4) is 11.5 Å². The van der Waals surface area contributed by atoms with Crippen molar-refractivity contribution in [3.63, 3.8) is 0 Å². The van der Waals surface area contributed by atoms with Gasteiger partial charge < -0.3 is 20.7 Å². The monoisotopic (exact) mass is 567 g/mol. The van der Waals surface area contributed by atoms with Crippen molar-refractivity contribution in [2.24, 2.45) is 0 Å². The number of anilines is 2. The topological polar surface area (TPSA) is 113 Å². The van der Waals surface area contributed by atoms with Crippen LogP contribution in [-0.2, 0) is 9.59 Å². The fraction of sp³-hybridized carbons (Fsp3) is 0.333. The van der Waals surface area contributed by atoms with Gasteiger partial charge in [0.1, 0.15) is 11.5 Å². The summed E-state index contributed by atoms with van der Waals surface area (Å²) in [5.41, 5.74) is 4.50. The van der Waals surface area contributed by atoms with Crippen LogP contribution in [0, 0.1) is 13.8 Å². The van der Waals surface area contributed by atoms with Gasteiger partial charge >= 0.3 is 6.03 Å². The van der Waals surface area contributed by atoms with Gasteiger partial charge in [0, 0.05) is 41.5 Å². The van der Waals surface area contributed by atoms with E-state index in [9.17, 15) is 14.4 Å². The Bertz CT molecular complexity index is 1530. The van der Waals surface area contributed by atoms with E-state index in [2.05, 4.69) is 20.9 Å². The highest BCUT2D eigenvalue weighted by Crippen LogP contribution is 2.40. The van der Waals surface area contributed by atoms with Gasteiger partial charge in [-0.25, -0.2) is 4.79 Å². The highest BCUT2D eigenvalue weighted by Gasteiger charge is 2.33. The van der Waals surface area contributed by atoms with Crippen molar-refractivity contribution in [2.45, 2.75) is 71.9 Å². The molecule has 0 unspecified atom stereocenters. The highest BCUT2D eigenvalue weighted by molar-refractivity contribution is 6.14. The van der Waals surface area contributed by atoms with E-state index in [1.165, 1.54) is 0 Å². The van der Waals surface area contributed by atoms with E-state index in [0.29, 0.717) is 46.1 Å². The van der Waals surface area contributed by atoms with Gasteiger partial charge in [-0.3, -0.25) is 19.5 Å². The average Bonchev–Trinajstić information content (AvgIpc) is 2.98. The minimum Gasteiger partial charge on any atom is -0.457 e.